The van der Waals surface area contributed by atoms with Crippen LogP contribution in [0.15, 0.2) is 6.20 Å². The van der Waals surface area contributed by atoms with Gasteiger partial charge in [0, 0.05) is 19.2 Å². The number of aromatic nitrogens is 3. The molecule has 0 aliphatic heterocycles. The molecule has 0 saturated heterocycles. The van der Waals surface area contributed by atoms with Gasteiger partial charge >= 0.3 is 0 Å². The predicted octanol–water partition coefficient (Wildman–Crippen LogP) is -1.19. The zero-order valence-electron chi connectivity index (χ0n) is 6.14. The molecule has 5 heteroatoms. The fourth-order valence-corrected chi connectivity index (χ4v) is 0.779. The second kappa shape index (κ2) is 4.05. The van der Waals surface area contributed by atoms with E-state index in [0.717, 1.165) is 5.69 Å². The summed E-state index contributed by atoms with van der Waals surface area (Å²) >= 11 is 0. The number of nitrogens with zero attached hydrogens (tertiary/aromatic N) is 3. The van der Waals surface area contributed by atoms with Crippen LogP contribution in [0.3, 0.4) is 0 Å². The summed E-state index contributed by atoms with van der Waals surface area (Å²) in [7, 11) is 0. The molecular weight excluding hydrogens is 146 g/mol. The average molecular weight is 157 g/mol. The number of aliphatic hydroxyl groups excluding tert-OH is 2. The summed E-state index contributed by atoms with van der Waals surface area (Å²) in [6.45, 7) is 0.595. The first-order valence-electron chi connectivity index (χ1n) is 3.47. The van der Waals surface area contributed by atoms with E-state index in [1.807, 2.05) is 0 Å². The van der Waals surface area contributed by atoms with Crippen molar-refractivity contribution in [1.29, 1.82) is 0 Å². The van der Waals surface area contributed by atoms with E-state index in [1.54, 1.807) is 10.9 Å². The van der Waals surface area contributed by atoms with Crippen LogP contribution in [-0.2, 0) is 13.0 Å². The van der Waals surface area contributed by atoms with Gasteiger partial charge in [0.15, 0.2) is 0 Å². The summed E-state index contributed by atoms with van der Waals surface area (Å²) in [5, 5.41) is 24.5. The molecule has 0 spiro atoms. The van der Waals surface area contributed by atoms with Crippen LogP contribution in [-0.4, -0.2) is 38.4 Å². The van der Waals surface area contributed by atoms with E-state index in [9.17, 15) is 0 Å². The smallest absolute Gasteiger partial charge is 0.0849 e. The first kappa shape index (κ1) is 8.16. The van der Waals surface area contributed by atoms with Gasteiger partial charge in [0.25, 0.3) is 0 Å². The van der Waals surface area contributed by atoms with Crippen LogP contribution in [0.25, 0.3) is 0 Å². The van der Waals surface area contributed by atoms with Crippen LogP contribution < -0.4 is 0 Å². The molecule has 11 heavy (non-hydrogen) atoms. The lowest BCUT2D eigenvalue weighted by atomic mass is 10.3. The van der Waals surface area contributed by atoms with Crippen LogP contribution in [0.2, 0.25) is 0 Å². The molecule has 0 radical (unpaired) electrons. The van der Waals surface area contributed by atoms with Crippen molar-refractivity contribution in [3.05, 3.63) is 11.9 Å². The third kappa shape index (κ3) is 2.28. The minimum atomic E-state index is 0.0575. The third-order valence-corrected chi connectivity index (χ3v) is 1.28. The van der Waals surface area contributed by atoms with Gasteiger partial charge in [-0.25, -0.2) is 4.68 Å². The average Bonchev–Trinajstić information content (AvgIpc) is 2.38. The van der Waals surface area contributed by atoms with Gasteiger partial charge in [-0.15, -0.1) is 5.10 Å². The van der Waals surface area contributed by atoms with Crippen LogP contribution in [0.4, 0.5) is 0 Å². The molecule has 5 nitrogen and oxygen atoms in total. The summed E-state index contributed by atoms with van der Waals surface area (Å²) in [4.78, 5) is 0. The number of hydrogen-bond donors (Lipinski definition) is 2. The van der Waals surface area contributed by atoms with Crippen molar-refractivity contribution in [2.24, 2.45) is 0 Å². The van der Waals surface area contributed by atoms with Gasteiger partial charge in [-0.3, -0.25) is 0 Å². The molecule has 0 atom stereocenters. The Morgan fingerprint density at radius 2 is 2.18 bits per heavy atom. The van der Waals surface area contributed by atoms with E-state index in [2.05, 4.69) is 10.3 Å². The van der Waals surface area contributed by atoms with Gasteiger partial charge in [-0.2, -0.15) is 0 Å². The van der Waals surface area contributed by atoms with Gasteiger partial charge < -0.3 is 10.2 Å². The quantitative estimate of drug-likeness (QED) is 0.576. The van der Waals surface area contributed by atoms with Crippen molar-refractivity contribution >= 4 is 0 Å². The first-order chi connectivity index (χ1) is 5.36. The van der Waals surface area contributed by atoms with Gasteiger partial charge in [0.1, 0.15) is 0 Å². The van der Waals surface area contributed by atoms with E-state index >= 15 is 0 Å². The molecule has 0 unspecified atom stereocenters. The first-order valence-corrected chi connectivity index (χ1v) is 3.47. The molecule has 0 aliphatic carbocycles. The second-order valence-corrected chi connectivity index (χ2v) is 2.17. The normalized spacial score (nSPS) is 10.4. The van der Waals surface area contributed by atoms with E-state index in [4.69, 9.17) is 10.2 Å². The minimum Gasteiger partial charge on any atom is -0.396 e. The monoisotopic (exact) mass is 157 g/mol. The second-order valence-electron chi connectivity index (χ2n) is 2.17. The topological polar surface area (TPSA) is 71.2 Å². The molecule has 1 aromatic rings. The highest BCUT2D eigenvalue weighted by molar-refractivity contribution is 4.91. The highest BCUT2D eigenvalue weighted by Gasteiger charge is 1.97. The SMILES string of the molecule is OCCc1cn(CCO)nn1. The van der Waals surface area contributed by atoms with Crippen molar-refractivity contribution in [3.8, 4) is 0 Å². The van der Waals surface area contributed by atoms with Gasteiger partial charge in [0.2, 0.25) is 0 Å². The predicted molar refractivity (Wildman–Crippen MR) is 37.9 cm³/mol. The van der Waals surface area contributed by atoms with Crippen LogP contribution in [0.5, 0.6) is 0 Å². The fourth-order valence-electron chi connectivity index (χ4n) is 0.779. The number of rotatable bonds is 4. The molecule has 0 saturated carbocycles. The zero-order chi connectivity index (χ0) is 8.10. The Hall–Kier alpha value is -0.940. The Balaban J connectivity index is 2.51. The molecular formula is C6H11N3O2. The van der Waals surface area contributed by atoms with Crippen LogP contribution >= 0.6 is 0 Å². The largest absolute Gasteiger partial charge is 0.396 e. The highest BCUT2D eigenvalue weighted by Crippen LogP contribution is 1.92. The fraction of sp³-hybridized carbons (Fsp3) is 0.667. The molecule has 1 heterocycles. The molecule has 62 valence electrons. The summed E-state index contributed by atoms with van der Waals surface area (Å²) in [6, 6.07) is 0. The minimum absolute atomic E-state index is 0.0575. The van der Waals surface area contributed by atoms with Crippen LogP contribution in [0.1, 0.15) is 5.69 Å². The van der Waals surface area contributed by atoms with E-state index < -0.39 is 0 Å². The lowest BCUT2D eigenvalue weighted by Gasteiger charge is -1.91. The molecule has 0 aromatic carbocycles. The Labute approximate surface area is 64.3 Å². The molecule has 0 aliphatic rings. The van der Waals surface area contributed by atoms with Crippen molar-refractivity contribution < 1.29 is 10.2 Å². The van der Waals surface area contributed by atoms with Gasteiger partial charge in [-0.05, 0) is 0 Å². The van der Waals surface area contributed by atoms with Crippen molar-refractivity contribution in [2.75, 3.05) is 13.2 Å². The molecule has 1 rings (SSSR count). The number of hydrogen-bond acceptors (Lipinski definition) is 4. The summed E-state index contributed by atoms with van der Waals surface area (Å²) in [6.07, 6.45) is 2.23. The van der Waals surface area contributed by atoms with Crippen molar-refractivity contribution in [1.82, 2.24) is 15.0 Å². The lowest BCUT2D eigenvalue weighted by molar-refractivity contribution is 0.268. The molecule has 0 amide bonds. The summed E-state index contributed by atoms with van der Waals surface area (Å²) < 4.78 is 1.55. The van der Waals surface area contributed by atoms with Gasteiger partial charge in [-0.1, -0.05) is 5.21 Å². The Morgan fingerprint density at radius 1 is 1.36 bits per heavy atom. The Bertz CT molecular complexity index is 191. The third-order valence-electron chi connectivity index (χ3n) is 1.28. The molecule has 1 aromatic heterocycles. The maximum absolute atomic E-state index is 8.53. The van der Waals surface area contributed by atoms with Crippen molar-refractivity contribution in [2.45, 2.75) is 13.0 Å². The molecule has 0 fully saturated rings. The molecule has 2 N–H and O–H groups in total. The van der Waals surface area contributed by atoms with Crippen molar-refractivity contribution in [3.63, 3.8) is 0 Å². The lowest BCUT2D eigenvalue weighted by Crippen LogP contribution is -2.02. The highest BCUT2D eigenvalue weighted by atomic mass is 16.3. The molecule has 0 bridgehead atoms. The summed E-state index contributed by atoms with van der Waals surface area (Å²) in [5.41, 5.74) is 0.751. The zero-order valence-corrected chi connectivity index (χ0v) is 6.14. The van der Waals surface area contributed by atoms with Gasteiger partial charge in [0.05, 0.1) is 18.8 Å². The van der Waals surface area contributed by atoms with E-state index in [0.29, 0.717) is 13.0 Å². The Morgan fingerprint density at radius 3 is 2.82 bits per heavy atom. The number of aliphatic hydroxyl groups is 2. The van der Waals surface area contributed by atoms with E-state index in [1.165, 1.54) is 0 Å². The maximum atomic E-state index is 8.53. The van der Waals surface area contributed by atoms with E-state index in [-0.39, 0.29) is 13.2 Å². The maximum Gasteiger partial charge on any atom is 0.0849 e. The summed E-state index contributed by atoms with van der Waals surface area (Å²) in [5.74, 6) is 0. The van der Waals surface area contributed by atoms with Crippen LogP contribution in [0, 0.1) is 0 Å². The standard InChI is InChI=1S/C6H11N3O2/c10-3-1-6-5-9(2-4-11)8-7-6/h5,10-11H,1-4H2. The Kier molecular flexibility index (Phi) is 3.00.